The fourth-order valence-electron chi connectivity index (χ4n) is 1.91. The van der Waals surface area contributed by atoms with Crippen molar-refractivity contribution in [2.24, 2.45) is 5.92 Å². The maximum atomic E-state index is 11.6. The van der Waals surface area contributed by atoms with E-state index >= 15 is 0 Å². The third-order valence-corrected chi connectivity index (χ3v) is 4.01. The van der Waals surface area contributed by atoms with Crippen molar-refractivity contribution in [3.63, 3.8) is 0 Å². The zero-order valence-corrected chi connectivity index (χ0v) is 12.0. The summed E-state index contributed by atoms with van der Waals surface area (Å²) < 4.78 is 4.78. The largest absolute Gasteiger partial charge is 0.469 e. The zero-order valence-electron chi connectivity index (χ0n) is 11.3. The van der Waals surface area contributed by atoms with Crippen LogP contribution in [0.25, 0.3) is 0 Å². The quantitative estimate of drug-likeness (QED) is 0.673. The lowest BCUT2D eigenvalue weighted by molar-refractivity contribution is -0.142. The number of carbonyl (C=O) groups is 1. The summed E-state index contributed by atoms with van der Waals surface area (Å²) in [6, 6.07) is 5.52. The second kappa shape index (κ2) is 5.61. The fourth-order valence-corrected chi connectivity index (χ4v) is 2.03. The van der Waals surface area contributed by atoms with Crippen molar-refractivity contribution in [1.82, 2.24) is 0 Å². The van der Waals surface area contributed by atoms with Crippen molar-refractivity contribution in [2.75, 3.05) is 12.8 Å². The second-order valence-electron chi connectivity index (χ2n) is 5.06. The summed E-state index contributed by atoms with van der Waals surface area (Å²) in [4.78, 5) is 11.6. The molecule has 0 aliphatic rings. The van der Waals surface area contributed by atoms with Crippen LogP contribution in [-0.2, 0) is 14.9 Å². The van der Waals surface area contributed by atoms with Crippen LogP contribution in [-0.4, -0.2) is 13.1 Å². The Morgan fingerprint density at radius 3 is 2.56 bits per heavy atom. The number of esters is 1. The lowest BCUT2D eigenvalue weighted by atomic mass is 9.71. The molecule has 3 nitrogen and oxygen atoms in total. The molecule has 0 amide bonds. The molecule has 0 heterocycles. The molecule has 0 fully saturated rings. The van der Waals surface area contributed by atoms with E-state index in [1.165, 1.54) is 7.11 Å². The van der Waals surface area contributed by atoms with Crippen LogP contribution in [0.5, 0.6) is 0 Å². The van der Waals surface area contributed by atoms with E-state index in [0.29, 0.717) is 17.1 Å². The molecule has 4 heteroatoms. The number of hydrogen-bond acceptors (Lipinski definition) is 3. The van der Waals surface area contributed by atoms with Gasteiger partial charge in [-0.1, -0.05) is 38.4 Å². The molecule has 0 radical (unpaired) electrons. The number of rotatable bonds is 4. The van der Waals surface area contributed by atoms with Gasteiger partial charge in [0.1, 0.15) is 0 Å². The summed E-state index contributed by atoms with van der Waals surface area (Å²) >= 11 is 5.93. The van der Waals surface area contributed by atoms with Gasteiger partial charge < -0.3 is 10.5 Å². The lowest BCUT2D eigenvalue weighted by Crippen LogP contribution is -2.32. The molecule has 0 aliphatic carbocycles. The fraction of sp³-hybridized carbons (Fsp3) is 0.500. The lowest BCUT2D eigenvalue weighted by Gasteiger charge is -2.33. The van der Waals surface area contributed by atoms with Crippen molar-refractivity contribution in [3.8, 4) is 0 Å². The number of nitrogens with two attached hydrogens (primary N) is 1. The molecule has 0 saturated heterocycles. The number of carbonyl (C=O) groups excluding carboxylic acids is 1. The van der Waals surface area contributed by atoms with Gasteiger partial charge in [0.05, 0.1) is 24.2 Å². The van der Waals surface area contributed by atoms with E-state index in [2.05, 4.69) is 13.8 Å². The molecular weight excluding hydrogens is 250 g/mol. The Morgan fingerprint density at radius 1 is 1.50 bits per heavy atom. The first-order chi connectivity index (χ1) is 8.31. The van der Waals surface area contributed by atoms with E-state index in [-0.39, 0.29) is 17.3 Å². The monoisotopic (exact) mass is 269 g/mol. The van der Waals surface area contributed by atoms with E-state index in [4.69, 9.17) is 22.1 Å². The minimum atomic E-state index is -0.314. The number of ether oxygens (including phenoxy) is 1. The van der Waals surface area contributed by atoms with E-state index in [0.717, 1.165) is 5.56 Å². The van der Waals surface area contributed by atoms with Crippen LogP contribution < -0.4 is 5.73 Å². The Kier molecular flexibility index (Phi) is 4.63. The van der Waals surface area contributed by atoms with Crippen LogP contribution in [0.2, 0.25) is 5.02 Å². The van der Waals surface area contributed by atoms with Gasteiger partial charge in [0.25, 0.3) is 0 Å². The molecule has 0 saturated carbocycles. The number of anilines is 1. The molecule has 2 N–H and O–H groups in total. The molecule has 1 rings (SSSR count). The zero-order chi connectivity index (χ0) is 13.9. The summed E-state index contributed by atoms with van der Waals surface area (Å²) in [6.07, 6.45) is 0.322. The predicted octanol–water partition coefficient (Wildman–Crippen LogP) is 3.40. The first-order valence-corrected chi connectivity index (χ1v) is 6.31. The van der Waals surface area contributed by atoms with Gasteiger partial charge in [-0.3, -0.25) is 4.79 Å². The third-order valence-electron chi connectivity index (χ3n) is 3.67. The Bertz CT molecular complexity index is 445. The molecule has 1 aromatic carbocycles. The number of halogens is 1. The summed E-state index contributed by atoms with van der Waals surface area (Å²) in [5.41, 5.74) is 7.06. The van der Waals surface area contributed by atoms with Crippen molar-refractivity contribution in [2.45, 2.75) is 32.6 Å². The summed E-state index contributed by atoms with van der Waals surface area (Å²) in [5.74, 6) is 0.0527. The topological polar surface area (TPSA) is 52.3 Å². The van der Waals surface area contributed by atoms with Crippen LogP contribution >= 0.6 is 11.6 Å². The highest BCUT2D eigenvalue weighted by Crippen LogP contribution is 2.37. The Balaban J connectivity index is 3.18. The highest BCUT2D eigenvalue weighted by atomic mass is 35.5. The predicted molar refractivity (Wildman–Crippen MR) is 74.7 cm³/mol. The normalized spacial score (nSPS) is 14.3. The SMILES string of the molecule is COC(=O)C[C@](C)(c1ccc(Cl)c(N)c1)C(C)C. The molecule has 0 spiro atoms. The summed E-state index contributed by atoms with van der Waals surface area (Å²) in [5, 5.41) is 0.530. The smallest absolute Gasteiger partial charge is 0.306 e. The molecular formula is C14H20ClNO2. The van der Waals surface area contributed by atoms with Gasteiger partial charge in [0.15, 0.2) is 0 Å². The molecule has 18 heavy (non-hydrogen) atoms. The van der Waals surface area contributed by atoms with E-state index < -0.39 is 0 Å². The van der Waals surface area contributed by atoms with Crippen LogP contribution in [0.15, 0.2) is 18.2 Å². The Morgan fingerprint density at radius 2 is 2.11 bits per heavy atom. The first-order valence-electron chi connectivity index (χ1n) is 5.93. The highest BCUT2D eigenvalue weighted by molar-refractivity contribution is 6.33. The molecule has 0 aliphatic heterocycles. The highest BCUT2D eigenvalue weighted by Gasteiger charge is 2.33. The maximum Gasteiger partial charge on any atom is 0.306 e. The second-order valence-corrected chi connectivity index (χ2v) is 5.47. The van der Waals surface area contributed by atoms with Crippen LogP contribution in [0.3, 0.4) is 0 Å². The van der Waals surface area contributed by atoms with Gasteiger partial charge in [-0.15, -0.1) is 0 Å². The third kappa shape index (κ3) is 2.96. The van der Waals surface area contributed by atoms with Crippen molar-refractivity contribution < 1.29 is 9.53 Å². The molecule has 1 atom stereocenters. The van der Waals surface area contributed by atoms with Gasteiger partial charge >= 0.3 is 5.97 Å². The molecule has 100 valence electrons. The standard InChI is InChI=1S/C14H20ClNO2/c1-9(2)14(3,8-13(17)18-4)10-5-6-11(15)12(16)7-10/h5-7,9H,8,16H2,1-4H3/t14-/m0/s1. The number of nitrogen functional groups attached to an aromatic ring is 1. The average Bonchev–Trinajstić information content (AvgIpc) is 2.31. The van der Waals surface area contributed by atoms with Gasteiger partial charge in [0, 0.05) is 5.41 Å². The number of methoxy groups -OCH3 is 1. The van der Waals surface area contributed by atoms with E-state index in [1.54, 1.807) is 6.07 Å². The van der Waals surface area contributed by atoms with E-state index in [1.807, 2.05) is 19.1 Å². The van der Waals surface area contributed by atoms with Crippen molar-refractivity contribution in [3.05, 3.63) is 28.8 Å². The Labute approximate surface area is 113 Å². The Hall–Kier alpha value is -1.22. The average molecular weight is 270 g/mol. The van der Waals surface area contributed by atoms with Crippen LogP contribution in [0.4, 0.5) is 5.69 Å². The molecule has 0 aromatic heterocycles. The van der Waals surface area contributed by atoms with Crippen LogP contribution in [0, 0.1) is 5.92 Å². The van der Waals surface area contributed by atoms with Gasteiger partial charge in [-0.05, 0) is 23.6 Å². The minimum absolute atomic E-state index is 0.222. The van der Waals surface area contributed by atoms with Gasteiger partial charge in [0.2, 0.25) is 0 Å². The van der Waals surface area contributed by atoms with E-state index in [9.17, 15) is 4.79 Å². The molecule has 0 unspecified atom stereocenters. The maximum absolute atomic E-state index is 11.6. The summed E-state index contributed by atoms with van der Waals surface area (Å²) in [7, 11) is 1.40. The number of benzene rings is 1. The minimum Gasteiger partial charge on any atom is -0.469 e. The first kappa shape index (κ1) is 14.8. The van der Waals surface area contributed by atoms with Gasteiger partial charge in [-0.2, -0.15) is 0 Å². The summed E-state index contributed by atoms with van der Waals surface area (Å²) in [6.45, 7) is 6.19. The van der Waals surface area contributed by atoms with Gasteiger partial charge in [-0.25, -0.2) is 0 Å². The van der Waals surface area contributed by atoms with Crippen LogP contribution in [0.1, 0.15) is 32.8 Å². The molecule has 0 bridgehead atoms. The van der Waals surface area contributed by atoms with Crippen molar-refractivity contribution in [1.29, 1.82) is 0 Å². The molecule has 1 aromatic rings. The van der Waals surface area contributed by atoms with Crippen molar-refractivity contribution >= 4 is 23.3 Å². The number of hydrogen-bond donors (Lipinski definition) is 1.